The van der Waals surface area contributed by atoms with Crippen LogP contribution in [0, 0.1) is 0 Å². The Morgan fingerprint density at radius 1 is 0.639 bits per heavy atom. The average Bonchev–Trinajstić information content (AvgIpc) is 3.16. The molecule has 0 saturated carbocycles. The van der Waals surface area contributed by atoms with Crippen molar-refractivity contribution in [2.75, 3.05) is 33.3 Å². The first-order valence-corrected chi connectivity index (χ1v) is 11.2. The number of imide groups is 1. The summed E-state index contributed by atoms with van der Waals surface area (Å²) in [7, 11) is 6.02. The van der Waals surface area contributed by atoms with Crippen molar-refractivity contribution in [2.45, 2.75) is 12.1 Å². The Hall–Kier alpha value is -4.53. The van der Waals surface area contributed by atoms with Crippen LogP contribution in [0.5, 0.6) is 23.0 Å². The predicted molar refractivity (Wildman–Crippen MR) is 130 cm³/mol. The molecule has 0 bridgehead atoms. The van der Waals surface area contributed by atoms with Crippen LogP contribution in [0.1, 0.15) is 32.3 Å². The molecule has 0 aliphatic carbocycles. The Morgan fingerprint density at radius 3 is 1.78 bits per heavy atom. The molecule has 184 valence electrons. The van der Waals surface area contributed by atoms with Gasteiger partial charge in [0.1, 0.15) is 11.8 Å². The summed E-state index contributed by atoms with van der Waals surface area (Å²) in [6.45, 7) is 0. The van der Waals surface area contributed by atoms with E-state index in [2.05, 4.69) is 0 Å². The number of hydrogen-bond donors (Lipinski definition) is 0. The summed E-state index contributed by atoms with van der Waals surface area (Å²) in [5.41, 5.74) is 1.72. The second kappa shape index (κ2) is 8.92. The van der Waals surface area contributed by atoms with Gasteiger partial charge in [0.25, 0.3) is 17.7 Å². The molecule has 5 rings (SSSR count). The van der Waals surface area contributed by atoms with E-state index < -0.39 is 29.8 Å². The quantitative estimate of drug-likeness (QED) is 0.371. The second-order valence-corrected chi connectivity index (χ2v) is 8.28. The van der Waals surface area contributed by atoms with Gasteiger partial charge >= 0.3 is 0 Å². The van der Waals surface area contributed by atoms with Gasteiger partial charge < -0.3 is 23.8 Å². The predicted octanol–water partition coefficient (Wildman–Crippen LogP) is 3.47. The third-order valence-electron chi connectivity index (χ3n) is 6.53. The maximum absolute atomic E-state index is 13.7. The number of amides is 3. The van der Waals surface area contributed by atoms with Gasteiger partial charge in [-0.3, -0.25) is 19.3 Å². The standard InChI is InChI=1S/C27H24N2O7/c1-33-17-9-7-8-16(14-17)28-22(15-12-20(34-2)24(36-4)21(13-15)35-3)23(27(28)32)29-25(30)18-10-5-6-11-19(18)26(29)31/h5-14,22-23H,1-4H3/t22-,23-/m1/s1. The lowest BCUT2D eigenvalue weighted by Crippen LogP contribution is -2.67. The fourth-order valence-corrected chi connectivity index (χ4v) is 4.84. The van der Waals surface area contributed by atoms with E-state index in [1.54, 1.807) is 60.7 Å². The number of β-lactam (4-membered cyclic amide) rings is 1. The summed E-state index contributed by atoms with van der Waals surface area (Å²) >= 11 is 0. The first-order chi connectivity index (χ1) is 17.4. The number of rotatable bonds is 7. The van der Waals surface area contributed by atoms with E-state index in [1.165, 1.54) is 33.3 Å². The van der Waals surface area contributed by atoms with Crippen LogP contribution < -0.4 is 23.8 Å². The van der Waals surface area contributed by atoms with E-state index in [-0.39, 0.29) is 11.1 Å². The minimum absolute atomic E-state index is 0.277. The normalized spacial score (nSPS) is 18.6. The van der Waals surface area contributed by atoms with Crippen molar-refractivity contribution >= 4 is 23.4 Å². The number of carbonyl (C=O) groups is 3. The topological polar surface area (TPSA) is 94.6 Å². The van der Waals surface area contributed by atoms with E-state index in [0.717, 1.165) is 4.90 Å². The van der Waals surface area contributed by atoms with Crippen LogP contribution in [-0.2, 0) is 4.79 Å². The van der Waals surface area contributed by atoms with Crippen LogP contribution in [0.25, 0.3) is 0 Å². The van der Waals surface area contributed by atoms with E-state index >= 15 is 0 Å². The van der Waals surface area contributed by atoms with E-state index in [0.29, 0.717) is 34.2 Å². The third-order valence-corrected chi connectivity index (χ3v) is 6.53. The summed E-state index contributed by atoms with van der Waals surface area (Å²) in [6.07, 6.45) is 0. The Morgan fingerprint density at radius 2 is 1.25 bits per heavy atom. The van der Waals surface area contributed by atoms with Crippen LogP contribution in [-0.4, -0.2) is 57.1 Å². The van der Waals surface area contributed by atoms with Crippen molar-refractivity contribution in [1.82, 2.24) is 4.90 Å². The number of ether oxygens (including phenoxy) is 4. The monoisotopic (exact) mass is 488 g/mol. The molecule has 2 atom stereocenters. The number of hydrogen-bond acceptors (Lipinski definition) is 7. The number of benzene rings is 3. The van der Waals surface area contributed by atoms with Gasteiger partial charge in [0, 0.05) is 11.8 Å². The molecule has 2 aliphatic rings. The average molecular weight is 488 g/mol. The Kier molecular flexibility index (Phi) is 5.75. The second-order valence-electron chi connectivity index (χ2n) is 8.28. The van der Waals surface area contributed by atoms with Gasteiger partial charge in [-0.05, 0) is 42.0 Å². The Balaban J connectivity index is 1.65. The molecule has 0 N–H and O–H groups in total. The van der Waals surface area contributed by atoms with Crippen molar-refractivity contribution in [3.63, 3.8) is 0 Å². The van der Waals surface area contributed by atoms with E-state index in [4.69, 9.17) is 18.9 Å². The van der Waals surface area contributed by atoms with Gasteiger partial charge in [-0.25, -0.2) is 0 Å². The van der Waals surface area contributed by atoms with Crippen LogP contribution in [0.4, 0.5) is 5.69 Å². The number of fused-ring (bicyclic) bond motifs is 1. The van der Waals surface area contributed by atoms with Gasteiger partial charge in [-0.1, -0.05) is 18.2 Å². The van der Waals surface area contributed by atoms with E-state index in [9.17, 15) is 14.4 Å². The van der Waals surface area contributed by atoms with E-state index in [1.807, 2.05) is 0 Å². The van der Waals surface area contributed by atoms with Gasteiger partial charge in [0.15, 0.2) is 11.5 Å². The molecule has 0 aromatic heterocycles. The van der Waals surface area contributed by atoms with Crippen LogP contribution >= 0.6 is 0 Å². The molecule has 1 fully saturated rings. The molecule has 0 spiro atoms. The van der Waals surface area contributed by atoms with Crippen LogP contribution in [0.15, 0.2) is 60.7 Å². The Bertz CT molecular complexity index is 1330. The van der Waals surface area contributed by atoms with Crippen molar-refractivity contribution in [1.29, 1.82) is 0 Å². The molecule has 1 saturated heterocycles. The maximum Gasteiger partial charge on any atom is 0.262 e. The van der Waals surface area contributed by atoms with Gasteiger partial charge in [-0.15, -0.1) is 0 Å². The lowest BCUT2D eigenvalue weighted by Gasteiger charge is -2.49. The van der Waals surface area contributed by atoms with Crippen molar-refractivity contribution in [3.8, 4) is 23.0 Å². The molecule has 0 radical (unpaired) electrons. The number of anilines is 1. The highest BCUT2D eigenvalue weighted by Gasteiger charge is 2.57. The Labute approximate surface area is 207 Å². The minimum Gasteiger partial charge on any atom is -0.497 e. The highest BCUT2D eigenvalue weighted by Crippen LogP contribution is 2.48. The molecule has 2 heterocycles. The fraction of sp³-hybridized carbons (Fsp3) is 0.222. The lowest BCUT2D eigenvalue weighted by molar-refractivity contribution is -0.130. The van der Waals surface area contributed by atoms with Gasteiger partial charge in [0.2, 0.25) is 5.75 Å². The molecule has 2 aliphatic heterocycles. The smallest absolute Gasteiger partial charge is 0.262 e. The molecule has 3 aromatic carbocycles. The number of carbonyl (C=O) groups excluding carboxylic acids is 3. The molecule has 9 nitrogen and oxygen atoms in total. The molecule has 36 heavy (non-hydrogen) atoms. The molecule has 0 unspecified atom stereocenters. The van der Waals surface area contributed by atoms with Crippen LogP contribution in [0.3, 0.4) is 0 Å². The molecule has 3 amide bonds. The first kappa shape index (κ1) is 23.2. The fourth-order valence-electron chi connectivity index (χ4n) is 4.84. The molecular formula is C27H24N2O7. The zero-order valence-electron chi connectivity index (χ0n) is 20.2. The summed E-state index contributed by atoms with van der Waals surface area (Å²) < 4.78 is 21.8. The highest BCUT2D eigenvalue weighted by atomic mass is 16.5. The zero-order valence-corrected chi connectivity index (χ0v) is 20.2. The highest BCUT2D eigenvalue weighted by molar-refractivity contribution is 6.24. The van der Waals surface area contributed by atoms with Crippen molar-refractivity contribution < 1.29 is 33.3 Å². The minimum atomic E-state index is -1.06. The van der Waals surface area contributed by atoms with Crippen LogP contribution in [0.2, 0.25) is 0 Å². The summed E-state index contributed by atoms with van der Waals surface area (Å²) in [4.78, 5) is 42.8. The zero-order chi connectivity index (χ0) is 25.6. The van der Waals surface area contributed by atoms with Gasteiger partial charge in [-0.2, -0.15) is 0 Å². The summed E-state index contributed by atoms with van der Waals surface area (Å²) in [5.74, 6) is 0.327. The summed E-state index contributed by atoms with van der Waals surface area (Å²) in [6, 6.07) is 15.3. The largest absolute Gasteiger partial charge is 0.497 e. The third kappa shape index (κ3) is 3.35. The molecular weight excluding hydrogens is 464 g/mol. The molecule has 3 aromatic rings. The molecule has 9 heteroatoms. The van der Waals surface area contributed by atoms with Gasteiger partial charge in [0.05, 0.1) is 45.6 Å². The number of nitrogens with zero attached hydrogens (tertiary/aromatic N) is 2. The SMILES string of the molecule is COc1cccc(N2C(=O)[C@H](N3C(=O)c4ccccc4C3=O)[C@H]2c2cc(OC)c(OC)c(OC)c2)c1. The lowest BCUT2D eigenvalue weighted by atomic mass is 9.86. The summed E-state index contributed by atoms with van der Waals surface area (Å²) in [5, 5.41) is 0. The first-order valence-electron chi connectivity index (χ1n) is 11.2. The number of methoxy groups -OCH3 is 4. The van der Waals surface area contributed by atoms with Crippen molar-refractivity contribution in [3.05, 3.63) is 77.4 Å². The maximum atomic E-state index is 13.7. The van der Waals surface area contributed by atoms with Crippen molar-refractivity contribution in [2.24, 2.45) is 0 Å².